The molecule has 5 rings (SSSR count). The first kappa shape index (κ1) is 27.2. The van der Waals surface area contributed by atoms with Crippen LogP contribution in [0.5, 0.6) is 5.75 Å². The number of hydrogen-bond donors (Lipinski definition) is 0. The summed E-state index contributed by atoms with van der Waals surface area (Å²) in [5, 5.41) is 13.9. The predicted molar refractivity (Wildman–Crippen MR) is 152 cm³/mol. The molecule has 0 amide bonds. The lowest BCUT2D eigenvalue weighted by Crippen LogP contribution is -2.58. The van der Waals surface area contributed by atoms with Crippen molar-refractivity contribution in [1.82, 2.24) is 19.2 Å². The van der Waals surface area contributed by atoms with Crippen molar-refractivity contribution >= 4 is 16.7 Å². The number of benzene rings is 1. The molecule has 0 spiro atoms. The number of hydrogen-bond acceptors (Lipinski definition) is 7. The molecule has 9 heteroatoms. The zero-order valence-electron chi connectivity index (χ0n) is 23.5. The van der Waals surface area contributed by atoms with E-state index >= 15 is 0 Å². The Labute approximate surface area is 230 Å². The molecule has 2 fully saturated rings. The fraction of sp³-hybridized carbons (Fsp3) is 0.567. The standard InChI is InChI=1S/C30H40N6O3/c1-5-23-19-36(27-17-29(37)33(4)28-20-34(14-13-31)32-30(27)28)24(6-2)18-35(23)21(3)22-7-9-25(10-8-22)39-26-11-15-38-16-12-26/h7-10,17,20-21,23-24,26H,5-6,11-12,14-16,18-19H2,1-4H3/t21?,23-,24+/m1/s1. The zero-order chi connectivity index (χ0) is 27.5. The highest BCUT2D eigenvalue weighted by atomic mass is 16.5. The van der Waals surface area contributed by atoms with Crippen LogP contribution >= 0.6 is 0 Å². The van der Waals surface area contributed by atoms with E-state index in [0.29, 0.717) is 6.04 Å². The lowest BCUT2D eigenvalue weighted by Gasteiger charge is -2.49. The quantitative estimate of drug-likeness (QED) is 0.428. The number of rotatable bonds is 8. The van der Waals surface area contributed by atoms with Crippen LogP contribution in [0.4, 0.5) is 5.69 Å². The number of nitriles is 1. The van der Waals surface area contributed by atoms with Crippen molar-refractivity contribution in [2.24, 2.45) is 7.05 Å². The zero-order valence-corrected chi connectivity index (χ0v) is 23.5. The van der Waals surface area contributed by atoms with Crippen molar-refractivity contribution < 1.29 is 9.47 Å². The first-order valence-electron chi connectivity index (χ1n) is 14.2. The fourth-order valence-corrected chi connectivity index (χ4v) is 6.07. The average molecular weight is 533 g/mol. The average Bonchev–Trinajstić information content (AvgIpc) is 3.39. The van der Waals surface area contributed by atoms with E-state index < -0.39 is 0 Å². The number of nitrogens with zero attached hydrogens (tertiary/aromatic N) is 6. The second kappa shape index (κ2) is 11.8. The maximum Gasteiger partial charge on any atom is 0.252 e. The molecule has 39 heavy (non-hydrogen) atoms. The summed E-state index contributed by atoms with van der Waals surface area (Å²) < 4.78 is 14.9. The highest BCUT2D eigenvalue weighted by molar-refractivity contribution is 5.88. The maximum absolute atomic E-state index is 12.9. The first-order valence-corrected chi connectivity index (χ1v) is 14.2. The summed E-state index contributed by atoms with van der Waals surface area (Å²) in [5.41, 5.74) is 3.63. The van der Waals surface area contributed by atoms with Gasteiger partial charge in [0.15, 0.2) is 0 Å². The van der Waals surface area contributed by atoms with E-state index in [1.54, 1.807) is 28.6 Å². The third-order valence-corrected chi connectivity index (χ3v) is 8.49. The van der Waals surface area contributed by atoms with Crippen molar-refractivity contribution in [2.45, 2.75) is 77.2 Å². The van der Waals surface area contributed by atoms with Crippen LogP contribution in [0.1, 0.15) is 58.1 Å². The van der Waals surface area contributed by atoms with Gasteiger partial charge in [0, 0.05) is 57.2 Å². The molecule has 208 valence electrons. The Balaban J connectivity index is 1.38. The van der Waals surface area contributed by atoms with E-state index in [0.717, 1.165) is 74.5 Å². The van der Waals surface area contributed by atoms with Gasteiger partial charge in [-0.05, 0) is 37.5 Å². The summed E-state index contributed by atoms with van der Waals surface area (Å²) in [7, 11) is 1.76. The second-order valence-electron chi connectivity index (χ2n) is 10.8. The Bertz CT molecular complexity index is 1370. The van der Waals surface area contributed by atoms with E-state index in [-0.39, 0.29) is 30.3 Å². The predicted octanol–water partition coefficient (Wildman–Crippen LogP) is 4.26. The molecule has 3 aromatic rings. The molecular formula is C30H40N6O3. The van der Waals surface area contributed by atoms with Gasteiger partial charge in [0.1, 0.15) is 23.9 Å². The van der Waals surface area contributed by atoms with Crippen LogP contribution in [0.2, 0.25) is 0 Å². The number of pyridine rings is 1. The summed E-state index contributed by atoms with van der Waals surface area (Å²) in [6.07, 6.45) is 5.87. The Kier molecular flexibility index (Phi) is 8.24. The third kappa shape index (κ3) is 5.54. The van der Waals surface area contributed by atoms with Gasteiger partial charge in [0.25, 0.3) is 5.56 Å². The van der Waals surface area contributed by atoms with Crippen LogP contribution in [0.3, 0.4) is 0 Å². The van der Waals surface area contributed by atoms with Crippen molar-refractivity contribution in [2.75, 3.05) is 31.2 Å². The number of piperazine rings is 1. The summed E-state index contributed by atoms with van der Waals surface area (Å²) in [6.45, 7) is 10.1. The number of ether oxygens (including phenoxy) is 2. The number of fused-ring (bicyclic) bond motifs is 1. The number of aryl methyl sites for hydroxylation is 1. The molecule has 2 saturated heterocycles. The van der Waals surface area contributed by atoms with Gasteiger partial charge in [0.2, 0.25) is 0 Å². The van der Waals surface area contributed by atoms with Gasteiger partial charge < -0.3 is 18.9 Å². The summed E-state index contributed by atoms with van der Waals surface area (Å²) >= 11 is 0. The SMILES string of the molecule is CC[C@H]1CN(C(C)c2ccc(OC3CCOCC3)cc2)[C@H](CC)CN1c1cc(=O)n(C)c2cn(CC#N)nc12. The Morgan fingerprint density at radius 1 is 1.13 bits per heavy atom. The van der Waals surface area contributed by atoms with E-state index in [4.69, 9.17) is 14.6 Å². The van der Waals surface area contributed by atoms with Gasteiger partial charge in [-0.25, -0.2) is 0 Å². The number of aromatic nitrogens is 3. The first-order chi connectivity index (χ1) is 18.9. The van der Waals surface area contributed by atoms with Crippen LogP contribution in [0.15, 0.2) is 41.3 Å². The molecule has 4 heterocycles. The van der Waals surface area contributed by atoms with Crippen LogP contribution in [-0.2, 0) is 18.3 Å². The minimum atomic E-state index is -0.0595. The smallest absolute Gasteiger partial charge is 0.252 e. The molecular weight excluding hydrogens is 492 g/mol. The molecule has 1 unspecified atom stereocenters. The maximum atomic E-state index is 12.9. The van der Waals surface area contributed by atoms with E-state index in [2.05, 4.69) is 60.9 Å². The lowest BCUT2D eigenvalue weighted by molar-refractivity contribution is 0.0255. The fourth-order valence-electron chi connectivity index (χ4n) is 6.07. The van der Waals surface area contributed by atoms with Crippen LogP contribution in [0, 0.1) is 11.3 Å². The van der Waals surface area contributed by atoms with Gasteiger partial charge >= 0.3 is 0 Å². The summed E-state index contributed by atoms with van der Waals surface area (Å²) in [5.74, 6) is 0.923. The van der Waals surface area contributed by atoms with Crippen LogP contribution < -0.4 is 15.2 Å². The van der Waals surface area contributed by atoms with E-state index in [9.17, 15) is 10.1 Å². The van der Waals surface area contributed by atoms with E-state index in [1.807, 2.05) is 0 Å². The molecule has 0 aliphatic carbocycles. The largest absolute Gasteiger partial charge is 0.490 e. The van der Waals surface area contributed by atoms with Crippen molar-refractivity contribution in [1.29, 1.82) is 5.26 Å². The minimum absolute atomic E-state index is 0.0595. The Hall–Kier alpha value is -3.35. The van der Waals surface area contributed by atoms with Crippen molar-refractivity contribution in [3.8, 4) is 11.8 Å². The monoisotopic (exact) mass is 532 g/mol. The molecule has 2 aromatic heterocycles. The molecule has 0 N–H and O–H groups in total. The van der Waals surface area contributed by atoms with Gasteiger partial charge in [-0.2, -0.15) is 10.4 Å². The Morgan fingerprint density at radius 2 is 1.85 bits per heavy atom. The molecule has 1 aromatic carbocycles. The van der Waals surface area contributed by atoms with Crippen molar-refractivity contribution in [3.63, 3.8) is 0 Å². The highest BCUT2D eigenvalue weighted by Gasteiger charge is 2.36. The molecule has 0 saturated carbocycles. The molecule has 3 atom stereocenters. The van der Waals surface area contributed by atoms with Gasteiger partial charge in [0.05, 0.1) is 36.7 Å². The topological polar surface area (TPSA) is 88.5 Å². The lowest BCUT2D eigenvalue weighted by atomic mass is 9.96. The van der Waals surface area contributed by atoms with Crippen molar-refractivity contribution in [3.05, 3.63) is 52.4 Å². The van der Waals surface area contributed by atoms with Gasteiger partial charge in [-0.1, -0.05) is 26.0 Å². The summed E-state index contributed by atoms with van der Waals surface area (Å²) in [4.78, 5) is 17.9. The van der Waals surface area contributed by atoms with Crippen LogP contribution in [0.25, 0.3) is 11.0 Å². The highest BCUT2D eigenvalue weighted by Crippen LogP contribution is 2.35. The van der Waals surface area contributed by atoms with Gasteiger partial charge in [-0.15, -0.1) is 0 Å². The normalized spacial score (nSPS) is 21.7. The van der Waals surface area contributed by atoms with Gasteiger partial charge in [-0.3, -0.25) is 14.4 Å². The molecule has 0 bridgehead atoms. The Morgan fingerprint density at radius 3 is 2.51 bits per heavy atom. The molecule has 2 aliphatic rings. The molecule has 9 nitrogen and oxygen atoms in total. The molecule has 2 aliphatic heterocycles. The molecule has 0 radical (unpaired) electrons. The number of anilines is 1. The van der Waals surface area contributed by atoms with E-state index in [1.165, 1.54) is 5.56 Å². The minimum Gasteiger partial charge on any atom is -0.490 e. The van der Waals surface area contributed by atoms with Crippen LogP contribution in [-0.4, -0.2) is 63.7 Å². The summed E-state index contributed by atoms with van der Waals surface area (Å²) in [6, 6.07) is 13.3. The second-order valence-corrected chi connectivity index (χ2v) is 10.8. The third-order valence-electron chi connectivity index (χ3n) is 8.49.